The van der Waals surface area contributed by atoms with Crippen molar-refractivity contribution in [1.82, 2.24) is 9.88 Å². The van der Waals surface area contributed by atoms with E-state index in [1.165, 1.54) is 0 Å². The predicted molar refractivity (Wildman–Crippen MR) is 54.4 cm³/mol. The van der Waals surface area contributed by atoms with Crippen molar-refractivity contribution >= 4 is 5.91 Å². The highest BCUT2D eigenvalue weighted by molar-refractivity contribution is 5.80. The van der Waals surface area contributed by atoms with Gasteiger partial charge in [0.2, 0.25) is 5.91 Å². The SMILES string of the molecule is CC(N)C(=O)N(C)Cc1ccccn1. The number of hydrogen-bond acceptors (Lipinski definition) is 3. The van der Waals surface area contributed by atoms with Gasteiger partial charge in [-0.15, -0.1) is 0 Å². The second-order valence-corrected chi connectivity index (χ2v) is 3.30. The van der Waals surface area contributed by atoms with Gasteiger partial charge in [0.25, 0.3) is 0 Å². The third-order valence-corrected chi connectivity index (χ3v) is 1.89. The summed E-state index contributed by atoms with van der Waals surface area (Å²) in [6.07, 6.45) is 1.71. The molecule has 1 atom stereocenters. The molecule has 0 aliphatic rings. The van der Waals surface area contributed by atoms with Crippen molar-refractivity contribution in [3.05, 3.63) is 30.1 Å². The summed E-state index contributed by atoms with van der Waals surface area (Å²) in [5, 5.41) is 0. The Morgan fingerprint density at radius 1 is 1.64 bits per heavy atom. The van der Waals surface area contributed by atoms with Gasteiger partial charge in [-0.1, -0.05) is 6.07 Å². The summed E-state index contributed by atoms with van der Waals surface area (Å²) >= 11 is 0. The molecule has 0 aliphatic heterocycles. The minimum Gasteiger partial charge on any atom is -0.339 e. The fourth-order valence-electron chi connectivity index (χ4n) is 1.16. The molecule has 0 saturated heterocycles. The maximum atomic E-state index is 11.4. The Hall–Kier alpha value is -1.42. The zero-order valence-electron chi connectivity index (χ0n) is 8.47. The number of hydrogen-bond donors (Lipinski definition) is 1. The smallest absolute Gasteiger partial charge is 0.239 e. The van der Waals surface area contributed by atoms with Gasteiger partial charge in [0.1, 0.15) is 0 Å². The van der Waals surface area contributed by atoms with Crippen LogP contribution >= 0.6 is 0 Å². The summed E-state index contributed by atoms with van der Waals surface area (Å²) in [6.45, 7) is 2.18. The summed E-state index contributed by atoms with van der Waals surface area (Å²) in [5.74, 6) is -0.0735. The Morgan fingerprint density at radius 2 is 2.36 bits per heavy atom. The number of carbonyl (C=O) groups is 1. The van der Waals surface area contributed by atoms with Crippen LogP contribution in [-0.2, 0) is 11.3 Å². The number of likely N-dealkylation sites (N-methyl/N-ethyl adjacent to an activating group) is 1. The Kier molecular flexibility index (Phi) is 3.59. The highest BCUT2D eigenvalue weighted by Gasteiger charge is 2.13. The monoisotopic (exact) mass is 193 g/mol. The second kappa shape index (κ2) is 4.72. The molecule has 0 fully saturated rings. The van der Waals surface area contributed by atoms with E-state index in [9.17, 15) is 4.79 Å². The van der Waals surface area contributed by atoms with Gasteiger partial charge in [0.15, 0.2) is 0 Å². The third kappa shape index (κ3) is 2.81. The van der Waals surface area contributed by atoms with Crippen molar-refractivity contribution < 1.29 is 4.79 Å². The lowest BCUT2D eigenvalue weighted by Crippen LogP contribution is -2.39. The van der Waals surface area contributed by atoms with Gasteiger partial charge in [-0.3, -0.25) is 9.78 Å². The average molecular weight is 193 g/mol. The van der Waals surface area contributed by atoms with Gasteiger partial charge in [0.05, 0.1) is 18.3 Å². The summed E-state index contributed by atoms with van der Waals surface area (Å²) in [4.78, 5) is 17.1. The van der Waals surface area contributed by atoms with Crippen molar-refractivity contribution in [1.29, 1.82) is 0 Å². The lowest BCUT2D eigenvalue weighted by molar-refractivity contribution is -0.131. The summed E-state index contributed by atoms with van der Waals surface area (Å²) < 4.78 is 0. The van der Waals surface area contributed by atoms with Crippen LogP contribution in [-0.4, -0.2) is 28.9 Å². The molecule has 1 rings (SSSR count). The topological polar surface area (TPSA) is 59.2 Å². The van der Waals surface area contributed by atoms with Crippen LogP contribution in [0.5, 0.6) is 0 Å². The van der Waals surface area contributed by atoms with Crippen LogP contribution < -0.4 is 5.73 Å². The lowest BCUT2D eigenvalue weighted by atomic mass is 10.3. The number of nitrogens with zero attached hydrogens (tertiary/aromatic N) is 2. The van der Waals surface area contributed by atoms with Gasteiger partial charge >= 0.3 is 0 Å². The average Bonchev–Trinajstić information content (AvgIpc) is 2.18. The second-order valence-electron chi connectivity index (χ2n) is 3.30. The van der Waals surface area contributed by atoms with E-state index in [1.807, 2.05) is 18.2 Å². The minimum absolute atomic E-state index is 0.0735. The van der Waals surface area contributed by atoms with Crippen LogP contribution in [0, 0.1) is 0 Å². The zero-order valence-corrected chi connectivity index (χ0v) is 8.47. The van der Waals surface area contributed by atoms with Crippen LogP contribution in [0.15, 0.2) is 24.4 Å². The van der Waals surface area contributed by atoms with Crippen molar-refractivity contribution in [2.75, 3.05) is 7.05 Å². The minimum atomic E-state index is -0.455. The molecule has 0 radical (unpaired) electrons. The van der Waals surface area contributed by atoms with E-state index >= 15 is 0 Å². The zero-order chi connectivity index (χ0) is 10.6. The van der Waals surface area contributed by atoms with Crippen LogP contribution in [0.4, 0.5) is 0 Å². The van der Waals surface area contributed by atoms with Gasteiger partial charge in [-0.2, -0.15) is 0 Å². The third-order valence-electron chi connectivity index (χ3n) is 1.89. The van der Waals surface area contributed by atoms with Crippen molar-refractivity contribution in [2.45, 2.75) is 19.5 Å². The number of rotatable bonds is 3. The number of carbonyl (C=O) groups excluding carboxylic acids is 1. The Morgan fingerprint density at radius 3 is 2.86 bits per heavy atom. The molecule has 1 unspecified atom stereocenters. The lowest BCUT2D eigenvalue weighted by Gasteiger charge is -2.18. The highest BCUT2D eigenvalue weighted by atomic mass is 16.2. The maximum Gasteiger partial charge on any atom is 0.239 e. The molecule has 0 spiro atoms. The molecule has 14 heavy (non-hydrogen) atoms. The molecule has 1 amide bonds. The number of amides is 1. The standard InChI is InChI=1S/C10H15N3O/c1-8(11)10(14)13(2)7-9-5-3-4-6-12-9/h3-6,8H,7,11H2,1-2H3. The normalized spacial score (nSPS) is 12.2. The largest absolute Gasteiger partial charge is 0.339 e. The first kappa shape index (κ1) is 10.7. The molecule has 4 heteroatoms. The fourth-order valence-corrected chi connectivity index (χ4v) is 1.16. The molecule has 0 bridgehead atoms. The van der Waals surface area contributed by atoms with Gasteiger partial charge < -0.3 is 10.6 Å². The van der Waals surface area contributed by atoms with Crippen molar-refractivity contribution in [3.63, 3.8) is 0 Å². The highest BCUT2D eigenvalue weighted by Crippen LogP contribution is 1.99. The van der Waals surface area contributed by atoms with E-state index in [-0.39, 0.29) is 5.91 Å². The van der Waals surface area contributed by atoms with Crippen LogP contribution in [0.25, 0.3) is 0 Å². The summed E-state index contributed by atoms with van der Waals surface area (Å²) in [7, 11) is 1.72. The summed E-state index contributed by atoms with van der Waals surface area (Å²) in [5.41, 5.74) is 6.34. The molecule has 0 aromatic carbocycles. The Bertz CT molecular complexity index is 297. The van der Waals surface area contributed by atoms with E-state index in [1.54, 1.807) is 25.1 Å². The number of aromatic nitrogens is 1. The number of nitrogens with two attached hydrogens (primary N) is 1. The molecule has 1 heterocycles. The van der Waals surface area contributed by atoms with Crippen molar-refractivity contribution in [2.24, 2.45) is 5.73 Å². The molecular weight excluding hydrogens is 178 g/mol. The van der Waals surface area contributed by atoms with Gasteiger partial charge in [-0.05, 0) is 19.1 Å². The van der Waals surface area contributed by atoms with E-state index in [0.717, 1.165) is 5.69 Å². The van der Waals surface area contributed by atoms with E-state index in [2.05, 4.69) is 4.98 Å². The maximum absolute atomic E-state index is 11.4. The molecule has 76 valence electrons. The van der Waals surface area contributed by atoms with E-state index < -0.39 is 6.04 Å². The van der Waals surface area contributed by atoms with Crippen molar-refractivity contribution in [3.8, 4) is 0 Å². The van der Waals surface area contributed by atoms with Gasteiger partial charge in [0, 0.05) is 13.2 Å². The quantitative estimate of drug-likeness (QED) is 0.755. The first-order chi connectivity index (χ1) is 6.61. The van der Waals surface area contributed by atoms with E-state index in [0.29, 0.717) is 6.54 Å². The first-order valence-electron chi connectivity index (χ1n) is 4.51. The Balaban J connectivity index is 2.57. The molecule has 0 saturated carbocycles. The van der Waals surface area contributed by atoms with Crippen LogP contribution in [0.2, 0.25) is 0 Å². The summed E-state index contributed by atoms with van der Waals surface area (Å²) in [6, 6.07) is 5.16. The molecule has 1 aromatic heterocycles. The molecule has 4 nitrogen and oxygen atoms in total. The number of pyridine rings is 1. The van der Waals surface area contributed by atoms with E-state index in [4.69, 9.17) is 5.73 Å². The first-order valence-corrected chi connectivity index (χ1v) is 4.51. The van der Waals surface area contributed by atoms with Crippen LogP contribution in [0.1, 0.15) is 12.6 Å². The fraction of sp³-hybridized carbons (Fsp3) is 0.400. The van der Waals surface area contributed by atoms with Gasteiger partial charge in [-0.25, -0.2) is 0 Å². The molecule has 2 N–H and O–H groups in total. The predicted octanol–water partition coefficient (Wildman–Crippen LogP) is 0.387. The molecule has 1 aromatic rings. The molecular formula is C10H15N3O. The molecule has 0 aliphatic carbocycles. The van der Waals surface area contributed by atoms with Crippen LogP contribution in [0.3, 0.4) is 0 Å². The Labute approximate surface area is 83.7 Å².